The summed E-state index contributed by atoms with van der Waals surface area (Å²) in [5.41, 5.74) is 2.96. The Bertz CT molecular complexity index is 445. The molecule has 0 spiro atoms. The van der Waals surface area contributed by atoms with Crippen LogP contribution in [0.5, 0.6) is 0 Å². The Morgan fingerprint density at radius 1 is 1.42 bits per heavy atom. The van der Waals surface area contributed by atoms with Crippen LogP contribution in [-0.4, -0.2) is 24.2 Å². The van der Waals surface area contributed by atoms with Gasteiger partial charge in [0.05, 0.1) is 13.2 Å². The molecule has 1 aromatic carbocycles. The van der Waals surface area contributed by atoms with Crippen molar-refractivity contribution in [2.75, 3.05) is 13.2 Å². The molecular formula is C15H21NO3. The zero-order valence-corrected chi connectivity index (χ0v) is 11.3. The van der Waals surface area contributed by atoms with Gasteiger partial charge in [-0.1, -0.05) is 19.4 Å². The number of fused-ring (bicyclic) bond motifs is 1. The normalized spacial score (nSPS) is 15.1. The molecule has 1 aliphatic heterocycles. The molecule has 0 aliphatic carbocycles. The van der Waals surface area contributed by atoms with Gasteiger partial charge >= 0.3 is 0 Å². The van der Waals surface area contributed by atoms with Gasteiger partial charge < -0.3 is 15.2 Å². The number of ether oxygens (including phenoxy) is 1. The van der Waals surface area contributed by atoms with E-state index in [1.54, 1.807) is 0 Å². The largest absolute Gasteiger partial charge is 0.396 e. The monoisotopic (exact) mass is 263 g/mol. The van der Waals surface area contributed by atoms with Crippen LogP contribution in [-0.2, 0) is 18.0 Å². The molecule has 0 saturated heterocycles. The Hall–Kier alpha value is -1.39. The number of hydrogen-bond acceptors (Lipinski definition) is 3. The number of nitrogens with one attached hydrogen (secondary N) is 1. The number of hydrogen-bond donors (Lipinski definition) is 2. The summed E-state index contributed by atoms with van der Waals surface area (Å²) < 4.78 is 5.34. The second kappa shape index (κ2) is 6.68. The van der Waals surface area contributed by atoms with Crippen LogP contribution >= 0.6 is 0 Å². The van der Waals surface area contributed by atoms with E-state index < -0.39 is 0 Å². The van der Waals surface area contributed by atoms with Gasteiger partial charge in [-0.3, -0.25) is 4.79 Å². The number of amides is 1. The lowest BCUT2D eigenvalue weighted by atomic mass is 10.0. The third-order valence-corrected chi connectivity index (χ3v) is 3.65. The zero-order valence-electron chi connectivity index (χ0n) is 11.3. The number of carbonyl (C=O) groups is 1. The molecular weight excluding hydrogens is 242 g/mol. The molecule has 0 fully saturated rings. The summed E-state index contributed by atoms with van der Waals surface area (Å²) in [5.74, 6) is 0.290. The molecule has 1 aromatic rings. The Labute approximate surface area is 113 Å². The highest BCUT2D eigenvalue weighted by Crippen LogP contribution is 2.20. The summed E-state index contributed by atoms with van der Waals surface area (Å²) in [7, 11) is 0. The van der Waals surface area contributed by atoms with Gasteiger partial charge in [0, 0.05) is 18.7 Å². The summed E-state index contributed by atoms with van der Waals surface area (Å²) in [6, 6.07) is 5.71. The molecule has 4 nitrogen and oxygen atoms in total. The molecule has 1 amide bonds. The molecule has 1 atom stereocenters. The van der Waals surface area contributed by atoms with E-state index in [0.717, 1.165) is 18.4 Å². The summed E-state index contributed by atoms with van der Waals surface area (Å²) in [6.45, 7) is 4.09. The molecule has 0 aromatic heterocycles. The topological polar surface area (TPSA) is 58.6 Å². The third-order valence-electron chi connectivity index (χ3n) is 3.65. The minimum Gasteiger partial charge on any atom is -0.396 e. The number of rotatable bonds is 6. The maximum atomic E-state index is 12.1. The standard InChI is InChI=1S/C15H21NO3/c1-2-11(5-6-17)8-16-15(18)12-3-4-13-9-19-10-14(13)7-12/h3-4,7,11,17H,2,5-6,8-10H2,1H3,(H,16,18). The van der Waals surface area contributed by atoms with E-state index in [1.807, 2.05) is 18.2 Å². The molecule has 0 saturated carbocycles. The van der Waals surface area contributed by atoms with Crippen molar-refractivity contribution < 1.29 is 14.6 Å². The van der Waals surface area contributed by atoms with Gasteiger partial charge in [0.1, 0.15) is 0 Å². The SMILES string of the molecule is CCC(CCO)CNC(=O)c1ccc2c(c1)COC2. The van der Waals surface area contributed by atoms with E-state index in [0.29, 0.717) is 31.2 Å². The first kappa shape index (κ1) is 14.0. The van der Waals surface area contributed by atoms with Gasteiger partial charge in [0.15, 0.2) is 0 Å². The second-order valence-corrected chi connectivity index (χ2v) is 4.97. The number of aliphatic hydroxyl groups excluding tert-OH is 1. The molecule has 0 bridgehead atoms. The van der Waals surface area contributed by atoms with Crippen molar-refractivity contribution in [3.8, 4) is 0 Å². The van der Waals surface area contributed by atoms with Crippen molar-refractivity contribution in [3.63, 3.8) is 0 Å². The smallest absolute Gasteiger partial charge is 0.251 e. The van der Waals surface area contributed by atoms with Crippen molar-refractivity contribution in [2.45, 2.75) is 33.0 Å². The summed E-state index contributed by atoms with van der Waals surface area (Å²) in [5, 5.41) is 11.9. The fraction of sp³-hybridized carbons (Fsp3) is 0.533. The lowest BCUT2D eigenvalue weighted by Crippen LogP contribution is -2.29. The predicted molar refractivity (Wildman–Crippen MR) is 72.8 cm³/mol. The average Bonchev–Trinajstić information content (AvgIpc) is 2.90. The molecule has 19 heavy (non-hydrogen) atoms. The fourth-order valence-corrected chi connectivity index (χ4v) is 2.29. The van der Waals surface area contributed by atoms with Crippen molar-refractivity contribution >= 4 is 5.91 Å². The molecule has 1 aliphatic rings. The Kier molecular flexibility index (Phi) is 4.93. The van der Waals surface area contributed by atoms with E-state index in [9.17, 15) is 4.79 Å². The van der Waals surface area contributed by atoms with Gasteiger partial charge in [-0.05, 0) is 35.6 Å². The van der Waals surface area contributed by atoms with Gasteiger partial charge in [-0.25, -0.2) is 0 Å². The first-order chi connectivity index (χ1) is 9.24. The maximum absolute atomic E-state index is 12.1. The molecule has 2 rings (SSSR count). The minimum absolute atomic E-state index is 0.0499. The van der Waals surface area contributed by atoms with E-state index in [-0.39, 0.29) is 12.5 Å². The molecule has 1 unspecified atom stereocenters. The second-order valence-electron chi connectivity index (χ2n) is 4.97. The maximum Gasteiger partial charge on any atom is 0.251 e. The molecule has 104 valence electrons. The van der Waals surface area contributed by atoms with Crippen LogP contribution in [0, 0.1) is 5.92 Å². The molecule has 0 radical (unpaired) electrons. The minimum atomic E-state index is -0.0499. The average molecular weight is 263 g/mol. The number of benzene rings is 1. The van der Waals surface area contributed by atoms with E-state index in [4.69, 9.17) is 9.84 Å². The predicted octanol–water partition coefficient (Wildman–Crippen LogP) is 1.86. The summed E-state index contributed by atoms with van der Waals surface area (Å²) in [4.78, 5) is 12.1. The first-order valence-electron chi connectivity index (χ1n) is 6.83. The quantitative estimate of drug-likeness (QED) is 0.823. The lowest BCUT2D eigenvalue weighted by Gasteiger charge is -2.14. The van der Waals surface area contributed by atoms with Crippen molar-refractivity contribution in [2.24, 2.45) is 5.92 Å². The van der Waals surface area contributed by atoms with Crippen LogP contribution in [0.15, 0.2) is 18.2 Å². The first-order valence-corrected chi connectivity index (χ1v) is 6.83. The molecule has 4 heteroatoms. The van der Waals surface area contributed by atoms with Crippen LogP contribution in [0.2, 0.25) is 0 Å². The van der Waals surface area contributed by atoms with Crippen LogP contribution in [0.1, 0.15) is 41.3 Å². The van der Waals surface area contributed by atoms with Crippen LogP contribution < -0.4 is 5.32 Å². The molecule has 2 N–H and O–H groups in total. The van der Waals surface area contributed by atoms with E-state index in [1.165, 1.54) is 5.56 Å². The number of carbonyl (C=O) groups excluding carboxylic acids is 1. The Morgan fingerprint density at radius 2 is 2.21 bits per heavy atom. The van der Waals surface area contributed by atoms with Crippen molar-refractivity contribution in [1.82, 2.24) is 5.32 Å². The van der Waals surface area contributed by atoms with Crippen LogP contribution in [0.25, 0.3) is 0 Å². The highest BCUT2D eigenvalue weighted by molar-refractivity contribution is 5.94. The zero-order chi connectivity index (χ0) is 13.7. The van der Waals surface area contributed by atoms with Gasteiger partial charge in [0.2, 0.25) is 0 Å². The van der Waals surface area contributed by atoms with E-state index in [2.05, 4.69) is 12.2 Å². The van der Waals surface area contributed by atoms with Crippen LogP contribution in [0.3, 0.4) is 0 Å². The summed E-state index contributed by atoms with van der Waals surface area (Å²) in [6.07, 6.45) is 1.69. The Morgan fingerprint density at radius 3 is 2.95 bits per heavy atom. The van der Waals surface area contributed by atoms with Crippen molar-refractivity contribution in [3.05, 3.63) is 34.9 Å². The third kappa shape index (κ3) is 3.55. The highest BCUT2D eigenvalue weighted by Gasteiger charge is 2.15. The summed E-state index contributed by atoms with van der Waals surface area (Å²) >= 11 is 0. The van der Waals surface area contributed by atoms with Gasteiger partial charge in [-0.2, -0.15) is 0 Å². The fourth-order valence-electron chi connectivity index (χ4n) is 2.29. The van der Waals surface area contributed by atoms with Gasteiger partial charge in [-0.15, -0.1) is 0 Å². The van der Waals surface area contributed by atoms with Crippen LogP contribution in [0.4, 0.5) is 0 Å². The van der Waals surface area contributed by atoms with Crippen molar-refractivity contribution in [1.29, 1.82) is 0 Å². The van der Waals surface area contributed by atoms with E-state index >= 15 is 0 Å². The molecule has 1 heterocycles. The Balaban J connectivity index is 1.92. The lowest BCUT2D eigenvalue weighted by molar-refractivity contribution is 0.0943. The van der Waals surface area contributed by atoms with Gasteiger partial charge in [0.25, 0.3) is 5.91 Å². The number of aliphatic hydroxyl groups is 1. The highest BCUT2D eigenvalue weighted by atomic mass is 16.5.